The summed E-state index contributed by atoms with van der Waals surface area (Å²) in [5.74, 6) is -2.62. The van der Waals surface area contributed by atoms with Crippen LogP contribution in [0.15, 0.2) is 0 Å². The third kappa shape index (κ3) is 19.8. The number of carbonyl (C=O) groups is 2. The van der Waals surface area contributed by atoms with Crippen molar-refractivity contribution < 1.29 is 40.9 Å². The van der Waals surface area contributed by atoms with E-state index in [9.17, 15) is 9.59 Å². The summed E-state index contributed by atoms with van der Waals surface area (Å²) >= 11 is 0. The molecule has 15 heavy (non-hydrogen) atoms. The number of carboxylic acid groups (broad SMARTS) is 2. The Morgan fingerprint density at radius 3 is 1.33 bits per heavy atom. The number of nitrogens with two attached hydrogens (primary N) is 2. The fourth-order valence-corrected chi connectivity index (χ4v) is 0.213. The Labute approximate surface area is 103 Å². The predicted octanol–water partition coefficient (Wildman–Crippen LogP) is -0.527. The molecule has 0 radical (unpaired) electrons. The van der Waals surface area contributed by atoms with Gasteiger partial charge in [0.1, 0.15) is 6.42 Å². The third-order valence-corrected chi connectivity index (χ3v) is 1.41. The average Bonchev–Trinajstić information content (AvgIpc) is 2.03. The van der Waals surface area contributed by atoms with Gasteiger partial charge in [0.15, 0.2) is 0 Å². The zero-order valence-electron chi connectivity index (χ0n) is 8.80. The second kappa shape index (κ2) is 10.1. The van der Waals surface area contributed by atoms with E-state index in [1.54, 1.807) is 0 Å². The van der Waals surface area contributed by atoms with Gasteiger partial charge in [0, 0.05) is 21.1 Å². The monoisotopic (exact) mass is 401 g/mol. The van der Waals surface area contributed by atoms with Crippen LogP contribution in [0.25, 0.3) is 0 Å². The Hall–Kier alpha value is -0.452. The van der Waals surface area contributed by atoms with E-state index >= 15 is 0 Å². The Morgan fingerprint density at radius 1 is 1.07 bits per heavy atom. The summed E-state index contributed by atoms with van der Waals surface area (Å²) in [4.78, 5) is 18.9. The van der Waals surface area contributed by atoms with Gasteiger partial charge < -0.3 is 21.7 Å². The van der Waals surface area contributed by atoms with Crippen LogP contribution >= 0.6 is 0 Å². The maximum atomic E-state index is 9.43. The Bertz CT molecular complexity index is 179. The Kier molecular flexibility index (Phi) is 13.5. The minimum atomic E-state index is -1.31. The minimum absolute atomic E-state index is 0. The molecule has 6 N–H and O–H groups in total. The first kappa shape index (κ1) is 20.0. The number of hydrogen-bond donors (Lipinski definition) is 4. The average molecular weight is 401 g/mol. The van der Waals surface area contributed by atoms with Gasteiger partial charge in [0.05, 0.1) is 0 Å². The van der Waals surface area contributed by atoms with Gasteiger partial charge in [-0.25, -0.2) is 0 Å². The molecule has 0 aromatic heterocycles. The van der Waals surface area contributed by atoms with Crippen LogP contribution in [0.2, 0.25) is 0 Å². The number of hydrogen-bond acceptors (Lipinski definition) is 4. The van der Waals surface area contributed by atoms with E-state index in [2.05, 4.69) is 0 Å². The quantitative estimate of drug-likeness (QED) is 0.470. The van der Waals surface area contributed by atoms with E-state index in [0.29, 0.717) is 13.1 Å². The van der Waals surface area contributed by atoms with Gasteiger partial charge in [-0.15, -0.1) is 0 Å². The van der Waals surface area contributed by atoms with E-state index in [1.807, 2.05) is 13.8 Å². The summed E-state index contributed by atoms with van der Waals surface area (Å²) in [6.07, 6.45) is -0.806. The maximum Gasteiger partial charge on any atom is 0.314 e. The molecule has 0 aromatic carbocycles. The summed E-state index contributed by atoms with van der Waals surface area (Å²) in [7, 11) is 0. The molecular weight excluding hydrogens is 383 g/mol. The standard InChI is InChI=1S/C5H14N2.C3H4O4.Pt/c1-5(2,3-6)4-7;4-2(5)1-3(6)7;/h3-4,6-7H2,1-2H3;1H2,(H,4,5)(H,6,7);. The molecular formula is C8H18N2O4Pt. The molecule has 0 aliphatic rings. The van der Waals surface area contributed by atoms with Crippen molar-refractivity contribution in [2.45, 2.75) is 20.3 Å². The normalized spacial score (nSPS) is 9.33. The van der Waals surface area contributed by atoms with Gasteiger partial charge in [-0.1, -0.05) is 13.8 Å². The van der Waals surface area contributed by atoms with Crippen LogP contribution in [0.5, 0.6) is 0 Å². The maximum absolute atomic E-state index is 9.43. The van der Waals surface area contributed by atoms with Crippen LogP contribution in [0.4, 0.5) is 0 Å². The van der Waals surface area contributed by atoms with Crippen molar-refractivity contribution >= 4 is 11.9 Å². The van der Waals surface area contributed by atoms with Crippen molar-refractivity contribution in [3.8, 4) is 0 Å². The molecule has 0 aromatic rings. The van der Waals surface area contributed by atoms with Gasteiger partial charge in [-0.05, 0) is 18.5 Å². The van der Waals surface area contributed by atoms with Crippen molar-refractivity contribution in [3.05, 3.63) is 0 Å². The zero-order valence-corrected chi connectivity index (χ0v) is 11.1. The Balaban J connectivity index is -0.000000180. The fraction of sp³-hybridized carbons (Fsp3) is 0.750. The molecule has 0 saturated carbocycles. The van der Waals surface area contributed by atoms with Gasteiger partial charge >= 0.3 is 11.9 Å². The zero-order chi connectivity index (χ0) is 11.8. The number of rotatable bonds is 4. The van der Waals surface area contributed by atoms with E-state index in [1.165, 1.54) is 0 Å². The first-order valence-corrected chi connectivity index (χ1v) is 4.09. The van der Waals surface area contributed by atoms with Crippen LogP contribution in [0.3, 0.4) is 0 Å². The van der Waals surface area contributed by atoms with Crippen molar-refractivity contribution in [2.75, 3.05) is 13.1 Å². The topological polar surface area (TPSA) is 127 Å². The molecule has 94 valence electrons. The number of aliphatic carboxylic acids is 2. The second-order valence-corrected chi connectivity index (χ2v) is 3.54. The summed E-state index contributed by atoms with van der Waals surface area (Å²) in [6, 6.07) is 0. The number of carboxylic acids is 2. The van der Waals surface area contributed by atoms with Crippen molar-refractivity contribution in [1.29, 1.82) is 0 Å². The molecule has 0 aliphatic heterocycles. The van der Waals surface area contributed by atoms with Crippen LogP contribution in [-0.4, -0.2) is 35.2 Å². The molecule has 0 aliphatic carbocycles. The SMILES string of the molecule is CC(C)(CN)CN.O=C(O)CC(=O)O.[Pt]. The van der Waals surface area contributed by atoms with Crippen molar-refractivity contribution in [2.24, 2.45) is 16.9 Å². The van der Waals surface area contributed by atoms with Crippen LogP contribution in [0.1, 0.15) is 20.3 Å². The van der Waals surface area contributed by atoms with Crippen LogP contribution in [-0.2, 0) is 30.7 Å². The largest absolute Gasteiger partial charge is 0.481 e. The van der Waals surface area contributed by atoms with E-state index < -0.39 is 18.4 Å². The van der Waals surface area contributed by atoms with E-state index in [4.69, 9.17) is 21.7 Å². The van der Waals surface area contributed by atoms with Gasteiger partial charge in [-0.3, -0.25) is 9.59 Å². The molecule has 0 fully saturated rings. The Morgan fingerprint density at radius 2 is 1.33 bits per heavy atom. The van der Waals surface area contributed by atoms with Crippen LogP contribution in [0, 0.1) is 5.41 Å². The van der Waals surface area contributed by atoms with Crippen LogP contribution < -0.4 is 11.5 Å². The molecule has 0 bridgehead atoms. The molecule has 0 amide bonds. The van der Waals surface area contributed by atoms with E-state index in [-0.39, 0.29) is 26.5 Å². The third-order valence-electron chi connectivity index (χ3n) is 1.41. The van der Waals surface area contributed by atoms with Crippen molar-refractivity contribution in [1.82, 2.24) is 0 Å². The first-order chi connectivity index (χ1) is 6.25. The molecule has 7 heteroatoms. The molecule has 0 unspecified atom stereocenters. The van der Waals surface area contributed by atoms with Gasteiger partial charge in [0.2, 0.25) is 0 Å². The molecule has 0 rings (SSSR count). The first-order valence-electron chi connectivity index (χ1n) is 4.09. The summed E-state index contributed by atoms with van der Waals surface area (Å²) in [6.45, 7) is 5.44. The molecule has 0 spiro atoms. The molecule has 0 heterocycles. The molecule has 0 atom stereocenters. The predicted molar refractivity (Wildman–Crippen MR) is 51.8 cm³/mol. The van der Waals surface area contributed by atoms with E-state index in [0.717, 1.165) is 0 Å². The van der Waals surface area contributed by atoms with Gasteiger partial charge in [0.25, 0.3) is 0 Å². The van der Waals surface area contributed by atoms with Crippen molar-refractivity contribution in [3.63, 3.8) is 0 Å². The fourth-order valence-electron chi connectivity index (χ4n) is 0.213. The summed E-state index contributed by atoms with van der Waals surface area (Å²) in [5, 5.41) is 15.4. The molecule has 0 saturated heterocycles. The second-order valence-electron chi connectivity index (χ2n) is 3.54. The smallest absolute Gasteiger partial charge is 0.314 e. The summed E-state index contributed by atoms with van der Waals surface area (Å²) in [5.41, 5.74) is 10.8. The minimum Gasteiger partial charge on any atom is -0.481 e. The molecule has 6 nitrogen and oxygen atoms in total. The van der Waals surface area contributed by atoms with Gasteiger partial charge in [-0.2, -0.15) is 0 Å². The summed E-state index contributed by atoms with van der Waals surface area (Å²) < 4.78 is 0.